The average molecular weight is 266 g/mol. The van der Waals surface area contributed by atoms with Crippen molar-refractivity contribution in [1.82, 2.24) is 0 Å². The number of ether oxygens (including phenoxy) is 1. The van der Waals surface area contributed by atoms with Crippen molar-refractivity contribution >= 4 is 5.97 Å². The number of fused-ring (bicyclic) bond motifs is 1. The molecule has 104 valence electrons. The van der Waals surface area contributed by atoms with Gasteiger partial charge in [-0.3, -0.25) is 4.79 Å². The van der Waals surface area contributed by atoms with Gasteiger partial charge < -0.3 is 20.1 Å². The first-order valence-electron chi connectivity index (χ1n) is 6.25. The normalized spacial score (nSPS) is 25.9. The second-order valence-electron chi connectivity index (χ2n) is 5.08. The summed E-state index contributed by atoms with van der Waals surface area (Å²) in [5.74, 6) is -1.09. The zero-order valence-corrected chi connectivity index (χ0v) is 11.2. The molecule has 0 aliphatic carbocycles. The maximum Gasteiger partial charge on any atom is 0.306 e. The molecule has 0 spiro atoms. The molecule has 0 fully saturated rings. The van der Waals surface area contributed by atoms with Gasteiger partial charge in [-0.05, 0) is 25.0 Å². The summed E-state index contributed by atoms with van der Waals surface area (Å²) in [6.45, 7) is 5.56. The first-order valence-corrected chi connectivity index (χ1v) is 6.25. The van der Waals surface area contributed by atoms with E-state index in [0.717, 1.165) is 5.56 Å². The third-order valence-electron chi connectivity index (χ3n) is 3.85. The molecule has 0 amide bonds. The van der Waals surface area contributed by atoms with Crippen LogP contribution in [-0.4, -0.2) is 27.4 Å². The number of aliphatic carboxylic acids is 1. The Morgan fingerprint density at radius 3 is 2.47 bits per heavy atom. The van der Waals surface area contributed by atoms with E-state index in [1.54, 1.807) is 6.92 Å². The third kappa shape index (κ3) is 2.26. The highest BCUT2D eigenvalue weighted by Gasteiger charge is 2.36. The van der Waals surface area contributed by atoms with Gasteiger partial charge in [-0.2, -0.15) is 0 Å². The van der Waals surface area contributed by atoms with Gasteiger partial charge in [0.2, 0.25) is 0 Å². The van der Waals surface area contributed by atoms with Crippen LogP contribution in [-0.2, 0) is 9.53 Å². The molecule has 1 aliphatic heterocycles. The van der Waals surface area contributed by atoms with Crippen LogP contribution in [0.15, 0.2) is 6.07 Å². The van der Waals surface area contributed by atoms with Gasteiger partial charge in [0.05, 0.1) is 18.6 Å². The molecule has 3 atom stereocenters. The Hall–Kier alpha value is -1.75. The van der Waals surface area contributed by atoms with Crippen molar-refractivity contribution in [3.63, 3.8) is 0 Å². The number of carbonyl (C=O) groups is 1. The molecule has 1 aromatic carbocycles. The number of hydrogen-bond donors (Lipinski definition) is 3. The summed E-state index contributed by atoms with van der Waals surface area (Å²) in [4.78, 5) is 10.9. The molecule has 1 aliphatic rings. The molecule has 5 nitrogen and oxygen atoms in total. The highest BCUT2D eigenvalue weighted by atomic mass is 16.5. The SMILES string of the molecule is Cc1c(O)cc(O)c2c1C(C)C(C)OC2CC(=O)O. The number of aromatic hydroxyl groups is 2. The van der Waals surface area contributed by atoms with Crippen LogP contribution in [0.5, 0.6) is 11.5 Å². The number of carboxylic acid groups (broad SMARTS) is 1. The van der Waals surface area contributed by atoms with Crippen LogP contribution in [0.1, 0.15) is 49.0 Å². The van der Waals surface area contributed by atoms with Crippen LogP contribution in [0.4, 0.5) is 0 Å². The standard InChI is InChI=1S/C14H18O5/c1-6-8(3)19-11(5-12(17)18)14-10(16)4-9(15)7(2)13(6)14/h4,6,8,11,15-16H,5H2,1-3H3,(H,17,18). The molecule has 0 radical (unpaired) electrons. The van der Waals surface area contributed by atoms with Gasteiger partial charge in [0.1, 0.15) is 11.5 Å². The van der Waals surface area contributed by atoms with Crippen LogP contribution in [0.3, 0.4) is 0 Å². The number of phenols is 2. The highest BCUT2D eigenvalue weighted by Crippen LogP contribution is 2.47. The van der Waals surface area contributed by atoms with E-state index in [1.807, 2.05) is 13.8 Å². The summed E-state index contributed by atoms with van der Waals surface area (Å²) < 4.78 is 5.69. The van der Waals surface area contributed by atoms with E-state index < -0.39 is 12.1 Å². The number of carboxylic acids is 1. The van der Waals surface area contributed by atoms with Crippen LogP contribution >= 0.6 is 0 Å². The quantitative estimate of drug-likeness (QED) is 0.765. The molecule has 0 aromatic heterocycles. The third-order valence-corrected chi connectivity index (χ3v) is 3.85. The molecule has 5 heteroatoms. The van der Waals surface area contributed by atoms with Crippen molar-refractivity contribution in [2.24, 2.45) is 0 Å². The van der Waals surface area contributed by atoms with Crippen molar-refractivity contribution in [2.75, 3.05) is 0 Å². The van der Waals surface area contributed by atoms with Crippen LogP contribution < -0.4 is 0 Å². The van der Waals surface area contributed by atoms with Crippen molar-refractivity contribution in [2.45, 2.75) is 45.3 Å². The van der Waals surface area contributed by atoms with Crippen LogP contribution in [0, 0.1) is 6.92 Å². The number of benzene rings is 1. The van der Waals surface area contributed by atoms with Crippen molar-refractivity contribution in [1.29, 1.82) is 0 Å². The van der Waals surface area contributed by atoms with Gasteiger partial charge in [0.25, 0.3) is 0 Å². The Bertz CT molecular complexity index is 523. The van der Waals surface area contributed by atoms with Gasteiger partial charge in [0.15, 0.2) is 0 Å². The zero-order valence-electron chi connectivity index (χ0n) is 11.2. The fraction of sp³-hybridized carbons (Fsp3) is 0.500. The number of hydrogen-bond acceptors (Lipinski definition) is 4. The van der Waals surface area contributed by atoms with Crippen molar-refractivity contribution in [3.8, 4) is 11.5 Å². The summed E-state index contributed by atoms with van der Waals surface area (Å²) in [7, 11) is 0. The molecule has 0 saturated carbocycles. The summed E-state index contributed by atoms with van der Waals surface area (Å²) in [5.41, 5.74) is 1.96. The minimum atomic E-state index is -0.983. The molecule has 3 unspecified atom stereocenters. The Kier molecular flexibility index (Phi) is 3.41. The minimum Gasteiger partial charge on any atom is -0.508 e. The first kappa shape index (κ1) is 13.7. The van der Waals surface area contributed by atoms with Crippen molar-refractivity contribution in [3.05, 3.63) is 22.8 Å². The lowest BCUT2D eigenvalue weighted by Crippen LogP contribution is -2.29. The lowest BCUT2D eigenvalue weighted by molar-refractivity contribution is -0.142. The number of rotatable bonds is 2. The van der Waals surface area contributed by atoms with Gasteiger partial charge in [-0.1, -0.05) is 6.92 Å². The monoisotopic (exact) mass is 266 g/mol. The van der Waals surface area contributed by atoms with Crippen LogP contribution in [0.2, 0.25) is 0 Å². The summed E-state index contributed by atoms with van der Waals surface area (Å²) in [6.07, 6.45) is -1.06. The second kappa shape index (κ2) is 4.74. The lowest BCUT2D eigenvalue weighted by Gasteiger charge is -2.36. The van der Waals surface area contributed by atoms with E-state index in [1.165, 1.54) is 6.07 Å². The van der Waals surface area contributed by atoms with Gasteiger partial charge in [0, 0.05) is 17.5 Å². The van der Waals surface area contributed by atoms with E-state index >= 15 is 0 Å². The molecular weight excluding hydrogens is 248 g/mol. The Labute approximate surface area is 111 Å². The van der Waals surface area contributed by atoms with Gasteiger partial charge in [-0.15, -0.1) is 0 Å². The lowest BCUT2D eigenvalue weighted by atomic mass is 9.82. The second-order valence-corrected chi connectivity index (χ2v) is 5.08. The summed E-state index contributed by atoms with van der Waals surface area (Å²) >= 11 is 0. The Balaban J connectivity index is 2.62. The summed E-state index contributed by atoms with van der Waals surface area (Å²) in [5, 5.41) is 28.8. The zero-order chi connectivity index (χ0) is 14.3. The Morgan fingerprint density at radius 1 is 1.26 bits per heavy atom. The molecule has 19 heavy (non-hydrogen) atoms. The molecule has 1 heterocycles. The molecule has 2 rings (SSSR count). The summed E-state index contributed by atoms with van der Waals surface area (Å²) in [6, 6.07) is 1.25. The predicted molar refractivity (Wildman–Crippen MR) is 68.5 cm³/mol. The number of phenolic OH excluding ortho intramolecular Hbond substituents is 2. The molecule has 0 bridgehead atoms. The highest BCUT2D eigenvalue weighted by molar-refractivity contribution is 5.69. The van der Waals surface area contributed by atoms with Gasteiger partial charge in [-0.25, -0.2) is 0 Å². The smallest absolute Gasteiger partial charge is 0.306 e. The fourth-order valence-corrected chi connectivity index (χ4v) is 2.71. The first-order chi connectivity index (χ1) is 8.82. The molecule has 3 N–H and O–H groups in total. The van der Waals surface area contributed by atoms with Crippen molar-refractivity contribution < 1.29 is 24.9 Å². The topological polar surface area (TPSA) is 87.0 Å². The van der Waals surface area contributed by atoms with E-state index in [-0.39, 0.29) is 29.9 Å². The average Bonchev–Trinajstić information content (AvgIpc) is 2.29. The largest absolute Gasteiger partial charge is 0.508 e. The maximum absolute atomic E-state index is 10.9. The minimum absolute atomic E-state index is 0.0157. The van der Waals surface area contributed by atoms with Gasteiger partial charge >= 0.3 is 5.97 Å². The Morgan fingerprint density at radius 2 is 1.89 bits per heavy atom. The molecule has 1 aromatic rings. The van der Waals surface area contributed by atoms with Crippen LogP contribution in [0.25, 0.3) is 0 Å². The van der Waals surface area contributed by atoms with E-state index in [9.17, 15) is 15.0 Å². The molecular formula is C14H18O5. The van der Waals surface area contributed by atoms with E-state index in [4.69, 9.17) is 9.84 Å². The predicted octanol–water partition coefficient (Wildman–Crippen LogP) is 2.44. The van der Waals surface area contributed by atoms with E-state index in [2.05, 4.69) is 0 Å². The molecule has 0 saturated heterocycles. The van der Waals surface area contributed by atoms with E-state index in [0.29, 0.717) is 11.1 Å². The fourth-order valence-electron chi connectivity index (χ4n) is 2.71. The maximum atomic E-state index is 10.9.